The smallest absolute Gasteiger partial charge is 0.265 e. The van der Waals surface area contributed by atoms with Crippen LogP contribution in [0.4, 0.5) is 11.4 Å². The summed E-state index contributed by atoms with van der Waals surface area (Å²) < 4.78 is 39.6. The summed E-state index contributed by atoms with van der Waals surface area (Å²) in [5, 5.41) is 4.45. The molecule has 172 valence electrons. The molecule has 2 aromatic carbocycles. The summed E-state index contributed by atoms with van der Waals surface area (Å²) in [5.74, 6) is 1.28. The molecule has 1 aliphatic heterocycles. The van der Waals surface area contributed by atoms with Gasteiger partial charge in [-0.3, -0.25) is 14.4 Å². The molecule has 1 fully saturated rings. The first-order valence-corrected chi connectivity index (χ1v) is 12.4. The molecule has 0 saturated heterocycles. The third-order valence-electron chi connectivity index (χ3n) is 5.93. The molecule has 0 atom stereocenters. The van der Waals surface area contributed by atoms with E-state index < -0.39 is 10.0 Å². The minimum atomic E-state index is -3.95. The summed E-state index contributed by atoms with van der Waals surface area (Å²) in [7, 11) is -3.95. The number of carbonyl (C=O) groups excluding carboxylic acids is 1. The number of carbonyl (C=O) groups is 1. The Morgan fingerprint density at radius 3 is 2.82 bits per heavy atom. The average Bonchev–Trinajstić information content (AvgIpc) is 3.19. The largest absolute Gasteiger partial charge is 0.482 e. The highest BCUT2D eigenvalue weighted by atomic mass is 35.5. The van der Waals surface area contributed by atoms with Gasteiger partial charge in [0.15, 0.2) is 12.4 Å². The van der Waals surface area contributed by atoms with Crippen molar-refractivity contribution in [2.45, 2.75) is 43.5 Å². The molecule has 2 heterocycles. The molecule has 1 amide bonds. The molecular formula is C22H21ClN4O5S. The van der Waals surface area contributed by atoms with Crippen LogP contribution in [0.15, 0.2) is 45.8 Å². The van der Waals surface area contributed by atoms with Crippen LogP contribution in [0.1, 0.15) is 42.5 Å². The maximum absolute atomic E-state index is 13.1. The number of nitrogens with one attached hydrogen (secondary N) is 1. The predicted octanol–water partition coefficient (Wildman–Crippen LogP) is 4.03. The lowest BCUT2D eigenvalue weighted by Gasteiger charge is -2.28. The Balaban J connectivity index is 1.44. The van der Waals surface area contributed by atoms with Crippen LogP contribution in [0.3, 0.4) is 0 Å². The van der Waals surface area contributed by atoms with Gasteiger partial charge in [-0.25, -0.2) is 8.42 Å². The predicted molar refractivity (Wildman–Crippen MR) is 121 cm³/mol. The number of benzene rings is 2. The van der Waals surface area contributed by atoms with Gasteiger partial charge < -0.3 is 9.26 Å². The highest BCUT2D eigenvalue weighted by molar-refractivity contribution is 7.92. The molecule has 11 heteroatoms. The summed E-state index contributed by atoms with van der Waals surface area (Å²) >= 11 is 6.11. The Morgan fingerprint density at radius 2 is 2.06 bits per heavy atom. The van der Waals surface area contributed by atoms with Gasteiger partial charge in [-0.05, 0) is 55.7 Å². The normalized spacial score (nSPS) is 16.2. The molecule has 5 rings (SSSR count). The third kappa shape index (κ3) is 4.16. The number of amides is 1. The van der Waals surface area contributed by atoms with Crippen molar-refractivity contribution in [2.24, 2.45) is 0 Å². The topological polar surface area (TPSA) is 115 Å². The number of aromatic nitrogens is 2. The molecule has 0 radical (unpaired) electrons. The number of sulfonamides is 1. The Morgan fingerprint density at radius 1 is 1.24 bits per heavy atom. The van der Waals surface area contributed by atoms with E-state index in [1.807, 2.05) is 0 Å². The fraction of sp³-hybridized carbons (Fsp3) is 0.318. The molecule has 0 spiro atoms. The monoisotopic (exact) mass is 488 g/mol. The summed E-state index contributed by atoms with van der Waals surface area (Å²) in [6.45, 7) is 1.62. The second kappa shape index (κ2) is 8.35. The van der Waals surface area contributed by atoms with Gasteiger partial charge in [-0.15, -0.1) is 0 Å². The van der Waals surface area contributed by atoms with Gasteiger partial charge in [0.25, 0.3) is 15.9 Å². The number of fused-ring (bicyclic) bond motifs is 1. The van der Waals surface area contributed by atoms with E-state index in [1.54, 1.807) is 25.1 Å². The van der Waals surface area contributed by atoms with Gasteiger partial charge >= 0.3 is 0 Å². The van der Waals surface area contributed by atoms with Gasteiger partial charge in [0.1, 0.15) is 5.75 Å². The van der Waals surface area contributed by atoms with Crippen LogP contribution in [0.25, 0.3) is 0 Å². The van der Waals surface area contributed by atoms with E-state index >= 15 is 0 Å². The Bertz CT molecular complexity index is 1340. The molecule has 1 aliphatic carbocycles. The number of nitrogens with zero attached hydrogens (tertiary/aromatic N) is 3. The Kier molecular flexibility index (Phi) is 5.49. The van der Waals surface area contributed by atoms with E-state index in [-0.39, 0.29) is 29.9 Å². The maximum Gasteiger partial charge on any atom is 0.265 e. The minimum Gasteiger partial charge on any atom is -0.482 e. The highest BCUT2D eigenvalue weighted by Gasteiger charge is 2.31. The summed E-state index contributed by atoms with van der Waals surface area (Å²) in [6, 6.07) is 9.34. The van der Waals surface area contributed by atoms with E-state index in [1.165, 1.54) is 23.1 Å². The zero-order chi connectivity index (χ0) is 23.2. The molecule has 0 unspecified atom stereocenters. The van der Waals surface area contributed by atoms with Crippen LogP contribution >= 0.6 is 11.6 Å². The van der Waals surface area contributed by atoms with Crippen molar-refractivity contribution in [3.63, 3.8) is 0 Å². The molecule has 33 heavy (non-hydrogen) atoms. The SMILES string of the molecule is Cc1c(Cl)cccc1NS(=O)(=O)c1ccc2c(c1)N(Cc1noc(C3CCC3)n1)C(=O)CO2. The third-order valence-corrected chi connectivity index (χ3v) is 7.71. The highest BCUT2D eigenvalue weighted by Crippen LogP contribution is 2.37. The van der Waals surface area contributed by atoms with E-state index in [0.29, 0.717) is 39.4 Å². The molecule has 3 aromatic rings. The quantitative estimate of drug-likeness (QED) is 0.557. The number of hydrogen-bond donors (Lipinski definition) is 1. The van der Waals surface area contributed by atoms with Crippen molar-refractivity contribution >= 4 is 38.9 Å². The Hall–Kier alpha value is -3.11. The molecule has 1 saturated carbocycles. The molecular weight excluding hydrogens is 468 g/mol. The van der Waals surface area contributed by atoms with Crippen molar-refractivity contribution < 1.29 is 22.5 Å². The maximum atomic E-state index is 13.1. The molecule has 2 aliphatic rings. The lowest BCUT2D eigenvalue weighted by atomic mass is 9.85. The van der Waals surface area contributed by atoms with Crippen molar-refractivity contribution in [3.8, 4) is 5.75 Å². The zero-order valence-corrected chi connectivity index (χ0v) is 19.3. The molecule has 0 bridgehead atoms. The number of halogens is 1. The molecule has 1 aromatic heterocycles. The van der Waals surface area contributed by atoms with Gasteiger partial charge in [0.2, 0.25) is 5.89 Å². The second-order valence-electron chi connectivity index (χ2n) is 8.09. The number of rotatable bonds is 6. The standard InChI is InChI=1S/C22H21ClN4O5S/c1-13-16(23)6-3-7-17(13)26-33(29,30)15-8-9-19-18(10-15)27(21(28)12-31-19)11-20-24-22(32-25-20)14-4-2-5-14/h3,6-10,14,26H,2,4-5,11-12H2,1H3. The summed E-state index contributed by atoms with van der Waals surface area (Å²) in [4.78, 5) is 18.5. The average molecular weight is 489 g/mol. The first-order chi connectivity index (χ1) is 15.8. The van der Waals surface area contributed by atoms with Crippen LogP contribution in [0.2, 0.25) is 5.02 Å². The molecule has 9 nitrogen and oxygen atoms in total. The van der Waals surface area contributed by atoms with E-state index in [0.717, 1.165) is 19.3 Å². The minimum absolute atomic E-state index is 0.0211. The van der Waals surface area contributed by atoms with Crippen LogP contribution in [0, 0.1) is 6.92 Å². The number of ether oxygens (including phenoxy) is 1. The van der Waals surface area contributed by atoms with Crippen molar-refractivity contribution in [1.29, 1.82) is 0 Å². The van der Waals surface area contributed by atoms with Crippen LogP contribution in [-0.2, 0) is 21.4 Å². The summed E-state index contributed by atoms with van der Waals surface area (Å²) in [6.07, 6.45) is 3.17. The Labute approximate surface area is 195 Å². The van der Waals surface area contributed by atoms with Crippen molar-refractivity contribution in [3.05, 3.63) is 58.7 Å². The number of anilines is 2. The van der Waals surface area contributed by atoms with Crippen LogP contribution in [0.5, 0.6) is 5.75 Å². The lowest BCUT2D eigenvalue weighted by Crippen LogP contribution is -2.38. The fourth-order valence-electron chi connectivity index (χ4n) is 3.74. The molecule has 1 N–H and O–H groups in total. The zero-order valence-electron chi connectivity index (χ0n) is 17.7. The summed E-state index contributed by atoms with van der Waals surface area (Å²) in [5.41, 5.74) is 1.31. The van der Waals surface area contributed by atoms with Gasteiger partial charge in [0, 0.05) is 10.9 Å². The number of hydrogen-bond acceptors (Lipinski definition) is 7. The first kappa shape index (κ1) is 21.7. The van der Waals surface area contributed by atoms with E-state index in [9.17, 15) is 13.2 Å². The van der Waals surface area contributed by atoms with Gasteiger partial charge in [-0.2, -0.15) is 4.98 Å². The lowest BCUT2D eigenvalue weighted by molar-refractivity contribution is -0.121. The van der Waals surface area contributed by atoms with E-state index in [2.05, 4.69) is 14.9 Å². The fourth-order valence-corrected chi connectivity index (χ4v) is 5.06. The van der Waals surface area contributed by atoms with E-state index in [4.69, 9.17) is 20.9 Å². The van der Waals surface area contributed by atoms with Crippen molar-refractivity contribution in [2.75, 3.05) is 16.2 Å². The van der Waals surface area contributed by atoms with Gasteiger partial charge in [-0.1, -0.05) is 29.2 Å². The first-order valence-electron chi connectivity index (χ1n) is 10.5. The second-order valence-corrected chi connectivity index (χ2v) is 10.2. The van der Waals surface area contributed by atoms with Crippen molar-refractivity contribution in [1.82, 2.24) is 10.1 Å². The van der Waals surface area contributed by atoms with Crippen LogP contribution in [-0.4, -0.2) is 31.1 Å². The van der Waals surface area contributed by atoms with Gasteiger partial charge in [0.05, 0.1) is 22.8 Å². The van der Waals surface area contributed by atoms with Crippen LogP contribution < -0.4 is 14.4 Å².